The number of anilines is 1. The fourth-order valence-corrected chi connectivity index (χ4v) is 3.91. The van der Waals surface area contributed by atoms with Gasteiger partial charge in [-0.15, -0.1) is 0 Å². The molecule has 1 aliphatic heterocycles. The van der Waals surface area contributed by atoms with Crippen LogP contribution in [0.25, 0.3) is 0 Å². The molecule has 0 spiro atoms. The van der Waals surface area contributed by atoms with Crippen molar-refractivity contribution in [3.05, 3.63) is 29.8 Å². The second kappa shape index (κ2) is 6.58. The fraction of sp³-hybridized carbons (Fsp3) is 0.600. The second-order valence-electron chi connectivity index (χ2n) is 7.70. The maximum absolute atomic E-state index is 12.9. The predicted octanol–water partition coefficient (Wildman–Crippen LogP) is 3.75. The first-order chi connectivity index (χ1) is 11.4. The summed E-state index contributed by atoms with van der Waals surface area (Å²) in [6.07, 6.45) is 5.48. The molecule has 4 heteroatoms. The second-order valence-corrected chi connectivity index (χ2v) is 7.70. The summed E-state index contributed by atoms with van der Waals surface area (Å²) in [5.41, 5.74) is 1.28. The lowest BCUT2D eigenvalue weighted by molar-refractivity contribution is -0.127. The van der Waals surface area contributed by atoms with Crippen LogP contribution in [0.3, 0.4) is 0 Å². The van der Waals surface area contributed by atoms with E-state index in [2.05, 4.69) is 31.3 Å². The Kier molecular flexibility index (Phi) is 4.66. The summed E-state index contributed by atoms with van der Waals surface area (Å²) in [7, 11) is 0. The van der Waals surface area contributed by atoms with Crippen LogP contribution in [0.1, 0.15) is 70.8 Å². The Bertz CT molecular complexity index is 617. The molecule has 2 fully saturated rings. The standard InChI is InChI=1S/C20H28N2O2/c1-14(2)15-8-10-17(11-9-15)22-18(23)12-13-20(22,3)19(24)21-16-6-4-5-7-16/h8-11,14,16H,4-7,12-13H2,1-3H3,(H,21,24)/t20-/m0/s1. The predicted molar refractivity (Wildman–Crippen MR) is 96.1 cm³/mol. The van der Waals surface area contributed by atoms with Crippen molar-refractivity contribution in [2.24, 2.45) is 0 Å². The number of hydrogen-bond donors (Lipinski definition) is 1. The number of benzene rings is 1. The average Bonchev–Trinajstić information content (AvgIpc) is 3.16. The molecule has 0 radical (unpaired) electrons. The van der Waals surface area contributed by atoms with Gasteiger partial charge in [-0.1, -0.05) is 38.8 Å². The monoisotopic (exact) mass is 328 g/mol. The maximum Gasteiger partial charge on any atom is 0.246 e. The minimum Gasteiger partial charge on any atom is -0.351 e. The third kappa shape index (κ3) is 3.06. The van der Waals surface area contributed by atoms with Crippen LogP contribution in [0.4, 0.5) is 5.69 Å². The van der Waals surface area contributed by atoms with Crippen molar-refractivity contribution in [3.63, 3.8) is 0 Å². The third-order valence-electron chi connectivity index (χ3n) is 5.57. The van der Waals surface area contributed by atoms with Gasteiger partial charge >= 0.3 is 0 Å². The van der Waals surface area contributed by atoms with Crippen LogP contribution in [0.15, 0.2) is 24.3 Å². The number of nitrogens with one attached hydrogen (secondary N) is 1. The minimum absolute atomic E-state index is 0.00631. The van der Waals surface area contributed by atoms with Crippen LogP contribution in [0.2, 0.25) is 0 Å². The Labute approximate surface area is 144 Å². The first kappa shape index (κ1) is 17.0. The van der Waals surface area contributed by atoms with Gasteiger partial charge < -0.3 is 5.32 Å². The third-order valence-corrected chi connectivity index (χ3v) is 5.57. The van der Waals surface area contributed by atoms with E-state index < -0.39 is 5.54 Å². The van der Waals surface area contributed by atoms with Gasteiger partial charge in [0.25, 0.3) is 0 Å². The number of carbonyl (C=O) groups is 2. The van der Waals surface area contributed by atoms with Gasteiger partial charge in [0.1, 0.15) is 5.54 Å². The van der Waals surface area contributed by atoms with E-state index in [0.717, 1.165) is 18.5 Å². The van der Waals surface area contributed by atoms with Crippen LogP contribution in [0, 0.1) is 0 Å². The van der Waals surface area contributed by atoms with E-state index in [1.54, 1.807) is 4.90 Å². The van der Waals surface area contributed by atoms with E-state index >= 15 is 0 Å². The molecule has 0 unspecified atom stereocenters. The highest BCUT2D eigenvalue weighted by Crippen LogP contribution is 2.36. The van der Waals surface area contributed by atoms with Crippen molar-refractivity contribution in [3.8, 4) is 0 Å². The first-order valence-corrected chi connectivity index (χ1v) is 9.16. The SMILES string of the molecule is CC(C)c1ccc(N2C(=O)CC[C@@]2(C)C(=O)NC2CCCC2)cc1. The lowest BCUT2D eigenvalue weighted by Crippen LogP contribution is -2.56. The molecule has 1 N–H and O–H groups in total. The summed E-state index contributed by atoms with van der Waals surface area (Å²) in [5.74, 6) is 0.481. The quantitative estimate of drug-likeness (QED) is 0.915. The summed E-state index contributed by atoms with van der Waals surface area (Å²) in [4.78, 5) is 27.1. The molecule has 1 aliphatic carbocycles. The molecule has 4 nitrogen and oxygen atoms in total. The highest BCUT2D eigenvalue weighted by atomic mass is 16.2. The minimum atomic E-state index is -0.779. The Hall–Kier alpha value is -1.84. The number of hydrogen-bond acceptors (Lipinski definition) is 2. The molecule has 0 bridgehead atoms. The van der Waals surface area contributed by atoms with Crippen molar-refractivity contribution in [2.75, 3.05) is 4.90 Å². The van der Waals surface area contributed by atoms with E-state index in [4.69, 9.17) is 0 Å². The Morgan fingerprint density at radius 2 is 1.83 bits per heavy atom. The Morgan fingerprint density at radius 3 is 2.42 bits per heavy atom. The van der Waals surface area contributed by atoms with Gasteiger partial charge in [-0.3, -0.25) is 14.5 Å². The molecule has 1 saturated carbocycles. The van der Waals surface area contributed by atoms with Crippen LogP contribution < -0.4 is 10.2 Å². The number of amides is 2. The molecule has 1 atom stereocenters. The molecule has 0 aromatic heterocycles. The van der Waals surface area contributed by atoms with E-state index in [1.165, 1.54) is 18.4 Å². The largest absolute Gasteiger partial charge is 0.351 e. The van der Waals surface area contributed by atoms with Gasteiger partial charge in [0.05, 0.1) is 0 Å². The zero-order valence-electron chi connectivity index (χ0n) is 15.0. The van der Waals surface area contributed by atoms with Crippen molar-refractivity contribution in [1.82, 2.24) is 5.32 Å². The van der Waals surface area contributed by atoms with Gasteiger partial charge in [-0.25, -0.2) is 0 Å². The normalized spacial score (nSPS) is 24.8. The molecular weight excluding hydrogens is 300 g/mol. The molecule has 1 aromatic rings. The molecule has 1 heterocycles. The smallest absolute Gasteiger partial charge is 0.246 e. The van der Waals surface area contributed by atoms with Crippen molar-refractivity contribution >= 4 is 17.5 Å². The van der Waals surface area contributed by atoms with Gasteiger partial charge in [-0.05, 0) is 49.8 Å². The van der Waals surface area contributed by atoms with Crippen LogP contribution in [-0.2, 0) is 9.59 Å². The van der Waals surface area contributed by atoms with Crippen molar-refractivity contribution in [2.45, 2.75) is 76.8 Å². The first-order valence-electron chi connectivity index (χ1n) is 9.16. The number of carbonyl (C=O) groups excluding carboxylic acids is 2. The van der Waals surface area contributed by atoms with Crippen molar-refractivity contribution in [1.29, 1.82) is 0 Å². The van der Waals surface area contributed by atoms with E-state index in [-0.39, 0.29) is 17.9 Å². The number of nitrogens with zero attached hydrogens (tertiary/aromatic N) is 1. The highest BCUT2D eigenvalue weighted by Gasteiger charge is 2.48. The van der Waals surface area contributed by atoms with Gasteiger partial charge in [0, 0.05) is 18.2 Å². The van der Waals surface area contributed by atoms with Gasteiger partial charge in [0.15, 0.2) is 0 Å². The zero-order chi connectivity index (χ0) is 17.3. The van der Waals surface area contributed by atoms with Crippen LogP contribution in [0.5, 0.6) is 0 Å². The van der Waals surface area contributed by atoms with E-state index in [1.807, 2.05) is 19.1 Å². The summed E-state index contributed by atoms with van der Waals surface area (Å²) in [6.45, 7) is 6.20. The summed E-state index contributed by atoms with van der Waals surface area (Å²) < 4.78 is 0. The average molecular weight is 328 g/mol. The van der Waals surface area contributed by atoms with Gasteiger partial charge in [-0.2, -0.15) is 0 Å². The number of rotatable bonds is 4. The Balaban J connectivity index is 1.83. The molecule has 1 saturated heterocycles. The summed E-state index contributed by atoms with van der Waals surface area (Å²) in [6, 6.07) is 8.33. The zero-order valence-corrected chi connectivity index (χ0v) is 15.0. The summed E-state index contributed by atoms with van der Waals surface area (Å²) >= 11 is 0. The molecule has 24 heavy (non-hydrogen) atoms. The lowest BCUT2D eigenvalue weighted by atomic mass is 9.95. The van der Waals surface area contributed by atoms with E-state index in [9.17, 15) is 9.59 Å². The summed E-state index contributed by atoms with van der Waals surface area (Å²) in [5, 5.41) is 3.18. The molecule has 2 aliphatic rings. The van der Waals surface area contributed by atoms with Crippen LogP contribution in [-0.4, -0.2) is 23.4 Å². The van der Waals surface area contributed by atoms with E-state index in [0.29, 0.717) is 18.8 Å². The highest BCUT2D eigenvalue weighted by molar-refractivity contribution is 6.06. The molecular formula is C20H28N2O2. The molecule has 1 aromatic carbocycles. The molecule has 2 amide bonds. The molecule has 130 valence electrons. The Morgan fingerprint density at radius 1 is 1.21 bits per heavy atom. The maximum atomic E-state index is 12.9. The van der Waals surface area contributed by atoms with Gasteiger partial charge in [0.2, 0.25) is 11.8 Å². The lowest BCUT2D eigenvalue weighted by Gasteiger charge is -2.35. The molecule has 3 rings (SSSR count). The van der Waals surface area contributed by atoms with Crippen molar-refractivity contribution < 1.29 is 9.59 Å². The fourth-order valence-electron chi connectivity index (χ4n) is 3.91. The topological polar surface area (TPSA) is 49.4 Å². The van der Waals surface area contributed by atoms with Crippen LogP contribution >= 0.6 is 0 Å².